The van der Waals surface area contributed by atoms with E-state index >= 15 is 0 Å². The summed E-state index contributed by atoms with van der Waals surface area (Å²) in [5.41, 5.74) is 7.81. The van der Waals surface area contributed by atoms with E-state index in [4.69, 9.17) is 10.5 Å². The van der Waals surface area contributed by atoms with E-state index in [1.165, 1.54) is 31.3 Å². The molecule has 0 aliphatic heterocycles. The standard InChI is InChI=1S/C17H24N2O2/c18-15-7-4-8-16(13-15)21-12-10-17(20)19-11-9-14-5-2-1-3-6-14/h4-5,7-8,13H,1-3,6,9-12,18H2,(H,19,20). The van der Waals surface area contributed by atoms with Crippen molar-refractivity contribution in [3.63, 3.8) is 0 Å². The van der Waals surface area contributed by atoms with Crippen molar-refractivity contribution < 1.29 is 9.53 Å². The molecule has 1 aromatic carbocycles. The first-order chi connectivity index (χ1) is 10.2. The van der Waals surface area contributed by atoms with Crippen LogP contribution in [0.5, 0.6) is 5.75 Å². The van der Waals surface area contributed by atoms with Crippen molar-refractivity contribution in [2.75, 3.05) is 18.9 Å². The Morgan fingerprint density at radius 3 is 3.00 bits per heavy atom. The van der Waals surface area contributed by atoms with Gasteiger partial charge in [0.25, 0.3) is 0 Å². The molecule has 2 rings (SSSR count). The van der Waals surface area contributed by atoms with Crippen molar-refractivity contribution in [3.8, 4) is 5.75 Å². The van der Waals surface area contributed by atoms with E-state index in [-0.39, 0.29) is 5.91 Å². The van der Waals surface area contributed by atoms with Gasteiger partial charge in [0, 0.05) is 18.3 Å². The van der Waals surface area contributed by atoms with Crippen LogP contribution >= 0.6 is 0 Å². The van der Waals surface area contributed by atoms with Crippen molar-refractivity contribution >= 4 is 11.6 Å². The molecule has 0 unspecified atom stereocenters. The van der Waals surface area contributed by atoms with Gasteiger partial charge in [-0.2, -0.15) is 0 Å². The van der Waals surface area contributed by atoms with Crippen molar-refractivity contribution in [2.24, 2.45) is 0 Å². The van der Waals surface area contributed by atoms with Gasteiger partial charge in [0.15, 0.2) is 0 Å². The smallest absolute Gasteiger partial charge is 0.223 e. The van der Waals surface area contributed by atoms with Crippen LogP contribution in [0.4, 0.5) is 5.69 Å². The van der Waals surface area contributed by atoms with E-state index in [9.17, 15) is 4.79 Å². The topological polar surface area (TPSA) is 64.3 Å². The van der Waals surface area contributed by atoms with E-state index in [1.54, 1.807) is 12.1 Å². The maximum atomic E-state index is 11.7. The van der Waals surface area contributed by atoms with Gasteiger partial charge in [0.1, 0.15) is 5.75 Å². The molecule has 4 nitrogen and oxygen atoms in total. The van der Waals surface area contributed by atoms with E-state index in [0.717, 1.165) is 13.0 Å². The van der Waals surface area contributed by atoms with Crippen LogP contribution in [-0.4, -0.2) is 19.1 Å². The molecule has 1 aromatic rings. The summed E-state index contributed by atoms with van der Waals surface area (Å²) < 4.78 is 5.50. The first-order valence-corrected chi connectivity index (χ1v) is 7.67. The number of nitrogens with two attached hydrogens (primary N) is 1. The largest absolute Gasteiger partial charge is 0.493 e. The van der Waals surface area contributed by atoms with Crippen molar-refractivity contribution in [1.82, 2.24) is 5.32 Å². The molecule has 0 bridgehead atoms. The second-order valence-corrected chi connectivity index (χ2v) is 5.38. The number of hydrogen-bond donors (Lipinski definition) is 2. The highest BCUT2D eigenvalue weighted by molar-refractivity contribution is 5.75. The maximum Gasteiger partial charge on any atom is 0.223 e. The highest BCUT2D eigenvalue weighted by atomic mass is 16.5. The average molecular weight is 288 g/mol. The first kappa shape index (κ1) is 15.4. The zero-order chi connectivity index (χ0) is 14.9. The van der Waals surface area contributed by atoms with Crippen LogP contribution in [0, 0.1) is 0 Å². The number of rotatable bonds is 7. The van der Waals surface area contributed by atoms with Crippen LogP contribution in [0.2, 0.25) is 0 Å². The van der Waals surface area contributed by atoms with E-state index in [0.29, 0.717) is 24.5 Å². The minimum Gasteiger partial charge on any atom is -0.493 e. The molecule has 3 N–H and O–H groups in total. The van der Waals surface area contributed by atoms with Crippen LogP contribution in [0.25, 0.3) is 0 Å². The monoisotopic (exact) mass is 288 g/mol. The molecule has 21 heavy (non-hydrogen) atoms. The molecule has 0 aromatic heterocycles. The summed E-state index contributed by atoms with van der Waals surface area (Å²) in [5, 5.41) is 2.94. The molecular weight excluding hydrogens is 264 g/mol. The Bertz CT molecular complexity index is 497. The van der Waals surface area contributed by atoms with Gasteiger partial charge in [-0.15, -0.1) is 0 Å². The van der Waals surface area contributed by atoms with Gasteiger partial charge in [-0.3, -0.25) is 4.79 Å². The third-order valence-corrected chi connectivity index (χ3v) is 3.61. The van der Waals surface area contributed by atoms with Crippen LogP contribution < -0.4 is 15.8 Å². The van der Waals surface area contributed by atoms with Gasteiger partial charge < -0.3 is 15.8 Å². The lowest BCUT2D eigenvalue weighted by Crippen LogP contribution is -2.26. The third kappa shape index (κ3) is 5.90. The number of carbonyl (C=O) groups is 1. The summed E-state index contributed by atoms with van der Waals surface area (Å²) in [4.78, 5) is 11.7. The Morgan fingerprint density at radius 2 is 2.24 bits per heavy atom. The fourth-order valence-electron chi connectivity index (χ4n) is 2.45. The molecule has 0 saturated carbocycles. The van der Waals surface area contributed by atoms with E-state index in [1.807, 2.05) is 12.1 Å². The van der Waals surface area contributed by atoms with Gasteiger partial charge in [-0.25, -0.2) is 0 Å². The number of anilines is 1. The maximum absolute atomic E-state index is 11.7. The number of allylic oxidation sites excluding steroid dienone is 1. The summed E-state index contributed by atoms with van der Waals surface area (Å²) in [6.07, 6.45) is 8.63. The third-order valence-electron chi connectivity index (χ3n) is 3.61. The molecule has 0 atom stereocenters. The summed E-state index contributed by atoms with van der Waals surface area (Å²) in [5.74, 6) is 0.741. The van der Waals surface area contributed by atoms with Gasteiger partial charge in [-0.1, -0.05) is 17.7 Å². The Morgan fingerprint density at radius 1 is 1.33 bits per heavy atom. The molecular formula is C17H24N2O2. The molecule has 0 radical (unpaired) electrons. The number of ether oxygens (including phenoxy) is 1. The minimum absolute atomic E-state index is 0.0373. The Kier molecular flexibility index (Phi) is 6.13. The highest BCUT2D eigenvalue weighted by Crippen LogP contribution is 2.19. The number of benzene rings is 1. The van der Waals surface area contributed by atoms with Gasteiger partial charge in [0.05, 0.1) is 13.0 Å². The molecule has 1 aliphatic carbocycles. The molecule has 1 aliphatic rings. The minimum atomic E-state index is 0.0373. The number of nitrogens with one attached hydrogen (secondary N) is 1. The van der Waals surface area contributed by atoms with Crippen LogP contribution in [0.1, 0.15) is 38.5 Å². The van der Waals surface area contributed by atoms with Gasteiger partial charge in [0.2, 0.25) is 5.91 Å². The Hall–Kier alpha value is -1.97. The van der Waals surface area contributed by atoms with Crippen molar-refractivity contribution in [1.29, 1.82) is 0 Å². The normalized spacial score (nSPS) is 14.4. The van der Waals surface area contributed by atoms with Crippen LogP contribution in [0.3, 0.4) is 0 Å². The highest BCUT2D eigenvalue weighted by Gasteiger charge is 2.05. The van der Waals surface area contributed by atoms with Gasteiger partial charge >= 0.3 is 0 Å². The molecule has 1 amide bonds. The molecule has 0 heterocycles. The van der Waals surface area contributed by atoms with E-state index in [2.05, 4.69) is 11.4 Å². The number of carbonyl (C=O) groups excluding carboxylic acids is 1. The molecule has 114 valence electrons. The SMILES string of the molecule is Nc1cccc(OCCC(=O)NCCC2=CCCCC2)c1. The second-order valence-electron chi connectivity index (χ2n) is 5.38. The summed E-state index contributed by atoms with van der Waals surface area (Å²) >= 11 is 0. The number of nitrogen functional groups attached to an aromatic ring is 1. The average Bonchev–Trinajstić information content (AvgIpc) is 2.48. The fraction of sp³-hybridized carbons (Fsp3) is 0.471. The zero-order valence-corrected chi connectivity index (χ0v) is 12.4. The Labute approximate surface area is 126 Å². The molecule has 0 saturated heterocycles. The number of hydrogen-bond acceptors (Lipinski definition) is 3. The predicted octanol–water partition coefficient (Wildman–Crippen LogP) is 3.04. The molecule has 0 fully saturated rings. The fourth-order valence-corrected chi connectivity index (χ4v) is 2.45. The number of amides is 1. The van der Waals surface area contributed by atoms with Crippen molar-refractivity contribution in [3.05, 3.63) is 35.9 Å². The van der Waals surface area contributed by atoms with Crippen molar-refractivity contribution in [2.45, 2.75) is 38.5 Å². The lowest BCUT2D eigenvalue weighted by atomic mass is 9.97. The predicted molar refractivity (Wildman–Crippen MR) is 85.1 cm³/mol. The quantitative estimate of drug-likeness (QED) is 0.598. The second kappa shape index (κ2) is 8.35. The van der Waals surface area contributed by atoms with Gasteiger partial charge in [-0.05, 0) is 44.2 Å². The van der Waals surface area contributed by atoms with Crippen LogP contribution in [-0.2, 0) is 4.79 Å². The first-order valence-electron chi connectivity index (χ1n) is 7.67. The molecule has 4 heteroatoms. The zero-order valence-electron chi connectivity index (χ0n) is 12.4. The lowest BCUT2D eigenvalue weighted by Gasteiger charge is -2.13. The molecule has 0 spiro atoms. The Balaban J connectivity index is 1.58. The van der Waals surface area contributed by atoms with Crippen LogP contribution in [0.15, 0.2) is 35.9 Å². The summed E-state index contributed by atoms with van der Waals surface area (Å²) in [6, 6.07) is 7.24. The lowest BCUT2D eigenvalue weighted by molar-refractivity contribution is -0.121. The summed E-state index contributed by atoms with van der Waals surface area (Å²) in [6.45, 7) is 1.10. The van der Waals surface area contributed by atoms with E-state index < -0.39 is 0 Å². The summed E-state index contributed by atoms with van der Waals surface area (Å²) in [7, 11) is 0.